The monoisotopic (exact) mass is 197 g/mol. The smallest absolute Gasteiger partial charge is 0.243 e. The van der Waals surface area contributed by atoms with Crippen LogP contribution in [0.2, 0.25) is 0 Å². The van der Waals surface area contributed by atoms with Crippen LogP contribution in [0.5, 0.6) is 0 Å². The molecule has 14 heavy (non-hydrogen) atoms. The maximum absolute atomic E-state index is 5.78. The van der Waals surface area contributed by atoms with E-state index in [0.29, 0.717) is 12.5 Å². The quantitative estimate of drug-likeness (QED) is 0.781. The minimum Gasteiger partial charge on any atom is -0.381 e. The van der Waals surface area contributed by atoms with Gasteiger partial charge in [-0.25, -0.2) is 0 Å². The highest BCUT2D eigenvalue weighted by molar-refractivity contribution is 4.99. The molecule has 1 aliphatic rings. The van der Waals surface area contributed by atoms with Gasteiger partial charge < -0.3 is 15.0 Å². The lowest BCUT2D eigenvalue weighted by Crippen LogP contribution is -2.09. The molecule has 0 bridgehead atoms. The molecule has 0 aliphatic carbocycles. The summed E-state index contributed by atoms with van der Waals surface area (Å²) in [4.78, 5) is 4.28. The molecule has 1 unspecified atom stereocenters. The van der Waals surface area contributed by atoms with E-state index < -0.39 is 0 Å². The summed E-state index contributed by atoms with van der Waals surface area (Å²) < 4.78 is 10.3. The number of nitrogens with two attached hydrogens (primary N) is 1. The van der Waals surface area contributed by atoms with Crippen molar-refractivity contribution in [1.82, 2.24) is 10.1 Å². The zero-order valence-electron chi connectivity index (χ0n) is 8.27. The van der Waals surface area contributed by atoms with Gasteiger partial charge in [-0.3, -0.25) is 0 Å². The minimum absolute atomic E-state index is 0.140. The van der Waals surface area contributed by atoms with Gasteiger partial charge in [0.1, 0.15) is 0 Å². The van der Waals surface area contributed by atoms with Crippen LogP contribution in [0, 0.1) is 0 Å². The molecule has 1 aliphatic heterocycles. The van der Waals surface area contributed by atoms with E-state index in [4.69, 9.17) is 15.0 Å². The number of nitrogens with zero attached hydrogens (tertiary/aromatic N) is 2. The summed E-state index contributed by atoms with van der Waals surface area (Å²) in [5.74, 6) is 1.56. The van der Waals surface area contributed by atoms with E-state index in [0.717, 1.165) is 25.3 Å². The van der Waals surface area contributed by atoms with Crippen LogP contribution in [0.4, 0.5) is 0 Å². The summed E-state index contributed by atoms with van der Waals surface area (Å²) in [5.41, 5.74) is 5.78. The predicted molar refractivity (Wildman–Crippen MR) is 49.7 cm³/mol. The van der Waals surface area contributed by atoms with Gasteiger partial charge in [0, 0.05) is 12.5 Å². The lowest BCUT2D eigenvalue weighted by atomic mass is 10.1. The van der Waals surface area contributed by atoms with Gasteiger partial charge in [-0.2, -0.15) is 4.98 Å². The van der Waals surface area contributed by atoms with Crippen molar-refractivity contribution in [2.75, 3.05) is 13.2 Å². The molecule has 1 fully saturated rings. The molecule has 5 nitrogen and oxygen atoms in total. The van der Waals surface area contributed by atoms with Crippen LogP contribution < -0.4 is 5.73 Å². The van der Waals surface area contributed by atoms with Gasteiger partial charge in [0.2, 0.25) is 5.89 Å². The number of hydrogen-bond donors (Lipinski definition) is 1. The molecule has 2 N–H and O–H groups in total. The van der Waals surface area contributed by atoms with Gasteiger partial charge in [0.05, 0.1) is 12.6 Å². The fraction of sp³-hybridized carbons (Fsp3) is 0.778. The van der Waals surface area contributed by atoms with Gasteiger partial charge in [-0.05, 0) is 12.8 Å². The fourth-order valence-electron chi connectivity index (χ4n) is 1.48. The Morgan fingerprint density at radius 2 is 2.50 bits per heavy atom. The van der Waals surface area contributed by atoms with Crippen LogP contribution in [0.25, 0.3) is 0 Å². The van der Waals surface area contributed by atoms with Crippen molar-refractivity contribution in [1.29, 1.82) is 0 Å². The Bertz CT molecular complexity index is 294. The zero-order chi connectivity index (χ0) is 9.97. The van der Waals surface area contributed by atoms with E-state index in [9.17, 15) is 0 Å². The first-order valence-electron chi connectivity index (χ1n) is 4.98. The topological polar surface area (TPSA) is 74.2 Å². The summed E-state index contributed by atoms with van der Waals surface area (Å²) in [6.45, 7) is 3.47. The average Bonchev–Trinajstić information content (AvgIpc) is 2.86. The molecule has 0 amide bonds. The number of hydrogen-bond acceptors (Lipinski definition) is 5. The molecule has 0 saturated carbocycles. The highest BCUT2D eigenvalue weighted by Crippen LogP contribution is 2.23. The highest BCUT2D eigenvalue weighted by Gasteiger charge is 2.24. The van der Waals surface area contributed by atoms with E-state index in [1.807, 2.05) is 6.92 Å². The summed E-state index contributed by atoms with van der Waals surface area (Å²) in [7, 11) is 0. The summed E-state index contributed by atoms with van der Waals surface area (Å²) in [5, 5.41) is 3.92. The van der Waals surface area contributed by atoms with Crippen molar-refractivity contribution >= 4 is 0 Å². The lowest BCUT2D eigenvalue weighted by molar-refractivity contribution is 0.192. The molecule has 2 heterocycles. The third-order valence-corrected chi connectivity index (χ3v) is 2.51. The number of ether oxygens (including phenoxy) is 1. The molecule has 1 aromatic heterocycles. The Kier molecular flexibility index (Phi) is 2.79. The van der Waals surface area contributed by atoms with E-state index in [2.05, 4.69) is 10.1 Å². The van der Waals surface area contributed by atoms with Crippen LogP contribution in [-0.4, -0.2) is 23.4 Å². The van der Waals surface area contributed by atoms with Crippen LogP contribution in [0.1, 0.15) is 43.4 Å². The van der Waals surface area contributed by atoms with Gasteiger partial charge in [-0.15, -0.1) is 0 Å². The molecule has 0 aromatic carbocycles. The molecule has 1 saturated heterocycles. The molecule has 2 atom stereocenters. The first kappa shape index (κ1) is 9.61. The van der Waals surface area contributed by atoms with Gasteiger partial charge in [-0.1, -0.05) is 12.1 Å². The summed E-state index contributed by atoms with van der Waals surface area (Å²) in [6.07, 6.45) is 1.78. The first-order chi connectivity index (χ1) is 6.81. The van der Waals surface area contributed by atoms with Crippen molar-refractivity contribution in [2.45, 2.75) is 31.7 Å². The Hall–Kier alpha value is -0.940. The maximum atomic E-state index is 5.78. The zero-order valence-corrected chi connectivity index (χ0v) is 8.27. The van der Waals surface area contributed by atoms with Crippen molar-refractivity contribution < 1.29 is 9.26 Å². The molecular weight excluding hydrogens is 182 g/mol. The lowest BCUT2D eigenvalue weighted by Gasteiger charge is -2.00. The Morgan fingerprint density at radius 3 is 3.14 bits per heavy atom. The summed E-state index contributed by atoms with van der Waals surface area (Å²) >= 11 is 0. The standard InChI is InChI=1S/C9H15N3O2/c1-2-7(10)9-11-8(12-14-9)6-3-4-13-5-6/h6-7H,2-5,10H2,1H3/t6?,7-/m1/s1. The molecule has 78 valence electrons. The van der Waals surface area contributed by atoms with Crippen molar-refractivity contribution in [3.63, 3.8) is 0 Å². The average molecular weight is 197 g/mol. The Balaban J connectivity index is 2.08. The fourth-order valence-corrected chi connectivity index (χ4v) is 1.48. The van der Waals surface area contributed by atoms with Crippen molar-refractivity contribution in [3.05, 3.63) is 11.7 Å². The number of rotatable bonds is 3. The molecule has 5 heteroatoms. The van der Waals surface area contributed by atoms with Crippen molar-refractivity contribution in [2.24, 2.45) is 5.73 Å². The third-order valence-electron chi connectivity index (χ3n) is 2.51. The summed E-state index contributed by atoms with van der Waals surface area (Å²) in [6, 6.07) is -0.140. The second-order valence-corrected chi connectivity index (χ2v) is 3.57. The van der Waals surface area contributed by atoms with Crippen LogP contribution in [-0.2, 0) is 4.74 Å². The van der Waals surface area contributed by atoms with Gasteiger partial charge >= 0.3 is 0 Å². The normalized spacial score (nSPS) is 24.0. The molecule has 0 spiro atoms. The van der Waals surface area contributed by atoms with Crippen LogP contribution >= 0.6 is 0 Å². The van der Waals surface area contributed by atoms with E-state index in [-0.39, 0.29) is 12.0 Å². The SMILES string of the molecule is CC[C@@H](N)c1nc(C2CCOC2)no1. The molecule has 1 aromatic rings. The Labute approximate surface area is 82.6 Å². The first-order valence-corrected chi connectivity index (χ1v) is 4.98. The van der Waals surface area contributed by atoms with Gasteiger partial charge in [0.15, 0.2) is 5.82 Å². The Morgan fingerprint density at radius 1 is 1.64 bits per heavy atom. The highest BCUT2D eigenvalue weighted by atomic mass is 16.5. The second kappa shape index (κ2) is 4.06. The van der Waals surface area contributed by atoms with E-state index >= 15 is 0 Å². The minimum atomic E-state index is -0.140. The molecular formula is C9H15N3O2. The number of aromatic nitrogens is 2. The van der Waals surface area contributed by atoms with Crippen molar-refractivity contribution in [3.8, 4) is 0 Å². The largest absolute Gasteiger partial charge is 0.381 e. The van der Waals surface area contributed by atoms with Crippen LogP contribution in [0.3, 0.4) is 0 Å². The molecule has 0 radical (unpaired) electrons. The second-order valence-electron chi connectivity index (χ2n) is 3.57. The van der Waals surface area contributed by atoms with Gasteiger partial charge in [0.25, 0.3) is 0 Å². The third kappa shape index (κ3) is 1.78. The van der Waals surface area contributed by atoms with Crippen LogP contribution in [0.15, 0.2) is 4.52 Å². The van der Waals surface area contributed by atoms with E-state index in [1.54, 1.807) is 0 Å². The predicted octanol–water partition coefficient (Wildman–Crippen LogP) is 0.983. The molecule has 2 rings (SSSR count). The van der Waals surface area contributed by atoms with E-state index in [1.165, 1.54) is 0 Å². The maximum Gasteiger partial charge on any atom is 0.243 e.